The number of hydrogen-bond donors (Lipinski definition) is 0. The summed E-state index contributed by atoms with van der Waals surface area (Å²) in [6, 6.07) is 1.35. The molecule has 0 rings (SSSR count). The topological polar surface area (TPSA) is 55.4 Å². The zero-order chi connectivity index (χ0) is 14.4. The van der Waals surface area contributed by atoms with Crippen LogP contribution in [0.1, 0.15) is 40.5 Å². The lowest BCUT2D eigenvalue weighted by Gasteiger charge is -2.15. The molecule has 107 valence electrons. The van der Waals surface area contributed by atoms with Crippen LogP contribution in [0.5, 0.6) is 0 Å². The Morgan fingerprint density at radius 2 is 1.67 bits per heavy atom. The van der Waals surface area contributed by atoms with Gasteiger partial charge in [-0.2, -0.15) is 0 Å². The molecular weight excluding hydrogens is 248 g/mol. The molecule has 0 heterocycles. The van der Waals surface area contributed by atoms with E-state index in [-0.39, 0.29) is 21.0 Å². The highest BCUT2D eigenvalue weighted by Crippen LogP contribution is 2.00. The lowest BCUT2D eigenvalue weighted by Crippen LogP contribution is -2.24. The summed E-state index contributed by atoms with van der Waals surface area (Å²) in [5.74, 6) is -1.01. The largest absolute Gasteiger partial charge is 0.381 e. The van der Waals surface area contributed by atoms with Gasteiger partial charge in [0.2, 0.25) is 0 Å². The molecule has 0 unspecified atom stereocenters. The first-order chi connectivity index (χ1) is 8.49. The normalized spacial score (nSPS) is 10.5. The molecule has 0 fully saturated rings. The third-order valence-corrected chi connectivity index (χ3v) is 3.95. The van der Waals surface area contributed by atoms with Crippen LogP contribution in [0.15, 0.2) is 12.2 Å². The molecule has 0 N–H and O–H groups in total. The first-order valence-electron chi connectivity index (χ1n) is 6.59. The minimum Gasteiger partial charge on any atom is -0.357 e. The summed E-state index contributed by atoms with van der Waals surface area (Å²) in [5, 5.41) is 9.49. The summed E-state index contributed by atoms with van der Waals surface area (Å²) in [5.41, 5.74) is 0.0648. The molecule has 0 aliphatic carbocycles. The van der Waals surface area contributed by atoms with Crippen LogP contribution in [0, 0.1) is 0 Å². The zero-order valence-corrected chi connectivity index (χ0v) is 13.6. The molecule has 0 amide bonds. The summed E-state index contributed by atoms with van der Waals surface area (Å²) in [4.78, 5) is 9.49. The van der Waals surface area contributed by atoms with Crippen LogP contribution in [0.4, 0.5) is 0 Å². The van der Waals surface area contributed by atoms with Gasteiger partial charge in [0.25, 0.3) is 0 Å². The van der Waals surface area contributed by atoms with Gasteiger partial charge < -0.3 is 9.47 Å². The second kappa shape index (κ2) is 14.4. The van der Waals surface area contributed by atoms with Crippen molar-refractivity contribution in [2.24, 2.45) is 0 Å². The van der Waals surface area contributed by atoms with E-state index < -0.39 is 5.97 Å². The number of carbonyl (C=O) groups is 1. The standard InChI is InChI=1S/C9H22O2Si.C4H5O2/c1-4-7-8-12-9(10-5-2)11-6-3;1-3(2)4(5)6/h9H,4-8,12H2,1-3H3;1H2,2H3. The third kappa shape index (κ3) is 15.3. The number of unbranched alkanes of at least 4 members (excludes halogenated alkanes) is 1. The van der Waals surface area contributed by atoms with E-state index in [0.717, 1.165) is 13.2 Å². The molecule has 0 saturated carbocycles. The first-order valence-corrected chi connectivity index (χ1v) is 8.41. The molecule has 0 spiro atoms. The van der Waals surface area contributed by atoms with Crippen molar-refractivity contribution in [3.63, 3.8) is 0 Å². The Bertz CT molecular complexity index is 201. The van der Waals surface area contributed by atoms with Crippen LogP contribution in [0.3, 0.4) is 0 Å². The van der Waals surface area contributed by atoms with Gasteiger partial charge in [-0.05, 0) is 20.8 Å². The highest BCUT2D eigenvalue weighted by Gasteiger charge is 2.06. The third-order valence-electron chi connectivity index (χ3n) is 2.10. The Hall–Kier alpha value is -0.653. The molecular formula is C13H27O4Si. The lowest BCUT2D eigenvalue weighted by atomic mass is 10.4. The van der Waals surface area contributed by atoms with Crippen molar-refractivity contribution in [1.29, 1.82) is 0 Å². The van der Waals surface area contributed by atoms with E-state index in [1.807, 2.05) is 13.8 Å². The molecule has 0 aromatic heterocycles. The Morgan fingerprint density at radius 3 is 1.94 bits per heavy atom. The Labute approximate surface area is 113 Å². The Morgan fingerprint density at radius 1 is 1.22 bits per heavy atom. The van der Waals surface area contributed by atoms with Gasteiger partial charge in [-0.1, -0.05) is 32.4 Å². The van der Waals surface area contributed by atoms with Crippen molar-refractivity contribution in [2.45, 2.75) is 52.5 Å². The predicted octanol–water partition coefficient (Wildman–Crippen LogP) is 2.25. The zero-order valence-electron chi connectivity index (χ0n) is 12.2. The SMILES string of the molecule is C=C(C)C([O])=O.CCCC[SiH2]C(OCC)OCC. The van der Waals surface area contributed by atoms with Gasteiger partial charge in [-0.15, -0.1) is 0 Å². The van der Waals surface area contributed by atoms with Crippen LogP contribution in [-0.4, -0.2) is 34.6 Å². The second-order valence-electron chi connectivity index (χ2n) is 3.90. The fourth-order valence-electron chi connectivity index (χ4n) is 1.15. The van der Waals surface area contributed by atoms with Gasteiger partial charge in [-0.25, -0.2) is 9.90 Å². The maximum atomic E-state index is 9.49. The van der Waals surface area contributed by atoms with Gasteiger partial charge in [0, 0.05) is 18.8 Å². The van der Waals surface area contributed by atoms with Crippen LogP contribution in [0.25, 0.3) is 0 Å². The average Bonchev–Trinajstić information content (AvgIpc) is 2.30. The van der Waals surface area contributed by atoms with E-state index in [9.17, 15) is 9.90 Å². The molecule has 0 bridgehead atoms. The minimum atomic E-state index is -1.19. The van der Waals surface area contributed by atoms with Gasteiger partial charge >= 0.3 is 5.97 Å². The number of ether oxygens (including phenoxy) is 2. The van der Waals surface area contributed by atoms with E-state index in [1.165, 1.54) is 25.8 Å². The smallest absolute Gasteiger partial charge is 0.357 e. The Kier molecular flexibility index (Phi) is 15.8. The summed E-state index contributed by atoms with van der Waals surface area (Å²) in [6.45, 7) is 12.3. The maximum Gasteiger partial charge on any atom is 0.381 e. The van der Waals surface area contributed by atoms with Crippen LogP contribution in [-0.2, 0) is 19.4 Å². The van der Waals surface area contributed by atoms with E-state index in [2.05, 4.69) is 13.5 Å². The quantitative estimate of drug-likeness (QED) is 0.281. The van der Waals surface area contributed by atoms with Gasteiger partial charge in [0.1, 0.15) is 5.91 Å². The Balaban J connectivity index is 0. The molecule has 0 atom stereocenters. The number of hydrogen-bond acceptors (Lipinski definition) is 3. The van der Waals surface area contributed by atoms with Crippen molar-refractivity contribution in [3.05, 3.63) is 12.2 Å². The number of rotatable bonds is 9. The summed E-state index contributed by atoms with van der Waals surface area (Å²) in [6.07, 6.45) is 2.63. The fraction of sp³-hybridized carbons (Fsp3) is 0.769. The highest BCUT2D eigenvalue weighted by atomic mass is 28.2. The molecule has 0 aliphatic rings. The molecule has 0 aromatic carbocycles. The molecule has 0 aliphatic heterocycles. The minimum absolute atomic E-state index is 0.0648. The van der Waals surface area contributed by atoms with Crippen molar-refractivity contribution < 1.29 is 19.4 Å². The van der Waals surface area contributed by atoms with Crippen molar-refractivity contribution >= 4 is 15.5 Å². The summed E-state index contributed by atoms with van der Waals surface area (Å²) in [7, 11) is -0.152. The molecule has 0 aromatic rings. The molecule has 0 saturated heterocycles. The van der Waals surface area contributed by atoms with E-state index in [4.69, 9.17) is 9.47 Å². The molecule has 4 nitrogen and oxygen atoms in total. The lowest BCUT2D eigenvalue weighted by molar-refractivity contribution is -0.138. The van der Waals surface area contributed by atoms with Crippen molar-refractivity contribution in [2.75, 3.05) is 13.2 Å². The average molecular weight is 275 g/mol. The summed E-state index contributed by atoms with van der Waals surface area (Å²) < 4.78 is 10.9. The summed E-state index contributed by atoms with van der Waals surface area (Å²) >= 11 is 0. The highest BCUT2D eigenvalue weighted by molar-refractivity contribution is 6.36. The van der Waals surface area contributed by atoms with E-state index in [1.54, 1.807) is 0 Å². The van der Waals surface area contributed by atoms with E-state index in [0.29, 0.717) is 0 Å². The predicted molar refractivity (Wildman–Crippen MR) is 75.8 cm³/mol. The molecule has 5 heteroatoms. The second-order valence-corrected chi connectivity index (χ2v) is 5.85. The van der Waals surface area contributed by atoms with Gasteiger partial charge in [0.05, 0.1) is 9.52 Å². The van der Waals surface area contributed by atoms with Crippen molar-refractivity contribution in [3.8, 4) is 0 Å². The van der Waals surface area contributed by atoms with Crippen LogP contribution < -0.4 is 0 Å². The van der Waals surface area contributed by atoms with Crippen molar-refractivity contribution in [1.82, 2.24) is 0 Å². The van der Waals surface area contributed by atoms with Crippen LogP contribution >= 0.6 is 0 Å². The molecule has 18 heavy (non-hydrogen) atoms. The fourth-order valence-corrected chi connectivity index (χ4v) is 3.07. The van der Waals surface area contributed by atoms with E-state index >= 15 is 0 Å². The van der Waals surface area contributed by atoms with Crippen LogP contribution in [0.2, 0.25) is 6.04 Å². The van der Waals surface area contributed by atoms with Gasteiger partial charge in [0.15, 0.2) is 0 Å². The monoisotopic (exact) mass is 275 g/mol. The van der Waals surface area contributed by atoms with Gasteiger partial charge in [-0.3, -0.25) is 0 Å². The maximum absolute atomic E-state index is 9.49. The number of carbonyl (C=O) groups excluding carboxylic acids is 1. The molecule has 1 radical (unpaired) electrons. The first kappa shape index (κ1) is 19.7.